The van der Waals surface area contributed by atoms with Crippen LogP contribution in [0.4, 0.5) is 4.39 Å². The van der Waals surface area contributed by atoms with E-state index < -0.39 is 0 Å². The van der Waals surface area contributed by atoms with E-state index in [1.165, 1.54) is 0 Å². The first-order valence-electron chi connectivity index (χ1n) is 5.83. The average molecular weight is 256 g/mol. The Hall–Kier alpha value is -0.860. The molecule has 1 aromatic rings. The average Bonchev–Trinajstić information content (AvgIpc) is 2.22. The summed E-state index contributed by atoms with van der Waals surface area (Å²) in [5, 5.41) is 0.177. The summed E-state index contributed by atoms with van der Waals surface area (Å²) in [6.45, 7) is 5.84. The van der Waals surface area contributed by atoms with E-state index in [1.807, 2.05) is 39.0 Å². The zero-order valence-electron chi connectivity index (χ0n) is 10.5. The number of rotatable bonds is 4. The lowest BCUT2D eigenvalue weighted by atomic mass is 9.99. The van der Waals surface area contributed by atoms with Crippen LogP contribution in [0.3, 0.4) is 0 Å². The molecule has 17 heavy (non-hydrogen) atoms. The van der Waals surface area contributed by atoms with Crippen molar-refractivity contribution in [2.24, 2.45) is 5.73 Å². The molecule has 0 fully saturated rings. The smallest absolute Gasteiger partial charge is 0.145 e. The molecule has 0 aromatic heterocycles. The molecule has 0 aliphatic rings. The van der Waals surface area contributed by atoms with Crippen molar-refractivity contribution >= 4 is 17.7 Å². The lowest BCUT2D eigenvalue weighted by molar-refractivity contribution is 0.598. The minimum atomic E-state index is -0.314. The second kappa shape index (κ2) is 6.18. The third kappa shape index (κ3) is 4.14. The fourth-order valence-corrected chi connectivity index (χ4v) is 1.80. The molecule has 0 unspecified atom stereocenters. The van der Waals surface area contributed by atoms with Gasteiger partial charge < -0.3 is 5.73 Å². The summed E-state index contributed by atoms with van der Waals surface area (Å²) < 4.78 is 13.7. The highest BCUT2D eigenvalue weighted by Crippen LogP contribution is 2.27. The predicted molar refractivity (Wildman–Crippen MR) is 72.8 cm³/mol. The van der Waals surface area contributed by atoms with Gasteiger partial charge in [-0.2, -0.15) is 0 Å². The standard InChI is InChI=1S/C14H19ClFN/c1-9(2)12-7-11(6-4-5-10(3)17)8-13(15)14(12)16/h4,6-10H,5,17H2,1-3H3/b6-4+/t10-/m0/s1. The monoisotopic (exact) mass is 255 g/mol. The van der Waals surface area contributed by atoms with Gasteiger partial charge in [0.1, 0.15) is 5.82 Å². The Balaban J connectivity index is 2.98. The van der Waals surface area contributed by atoms with Crippen LogP contribution in [0.5, 0.6) is 0 Å². The molecule has 94 valence electrons. The molecular formula is C14H19ClFN. The van der Waals surface area contributed by atoms with Crippen molar-refractivity contribution in [1.82, 2.24) is 0 Å². The van der Waals surface area contributed by atoms with Crippen LogP contribution in [0.25, 0.3) is 6.08 Å². The molecule has 0 aliphatic heterocycles. The Morgan fingerprint density at radius 2 is 2.00 bits per heavy atom. The molecule has 0 radical (unpaired) electrons. The zero-order chi connectivity index (χ0) is 13.0. The van der Waals surface area contributed by atoms with E-state index >= 15 is 0 Å². The van der Waals surface area contributed by atoms with E-state index in [9.17, 15) is 4.39 Å². The van der Waals surface area contributed by atoms with Crippen LogP contribution in [0, 0.1) is 5.82 Å². The summed E-state index contributed by atoms with van der Waals surface area (Å²) in [5.41, 5.74) is 7.22. The first-order chi connectivity index (χ1) is 7.91. The highest BCUT2D eigenvalue weighted by atomic mass is 35.5. The summed E-state index contributed by atoms with van der Waals surface area (Å²) in [6.07, 6.45) is 4.71. The molecule has 2 N–H and O–H groups in total. The van der Waals surface area contributed by atoms with Gasteiger partial charge >= 0.3 is 0 Å². The van der Waals surface area contributed by atoms with E-state index in [4.69, 9.17) is 17.3 Å². The van der Waals surface area contributed by atoms with Gasteiger partial charge in [-0.3, -0.25) is 0 Å². The summed E-state index contributed by atoms with van der Waals surface area (Å²) in [5.74, 6) is -0.194. The van der Waals surface area contributed by atoms with Crippen LogP contribution in [0.2, 0.25) is 5.02 Å². The first-order valence-corrected chi connectivity index (χ1v) is 6.20. The molecule has 0 saturated heterocycles. The van der Waals surface area contributed by atoms with Gasteiger partial charge in [-0.25, -0.2) is 4.39 Å². The maximum atomic E-state index is 13.7. The van der Waals surface area contributed by atoms with Gasteiger partial charge in [-0.1, -0.05) is 37.6 Å². The Morgan fingerprint density at radius 1 is 1.35 bits per heavy atom. The molecule has 3 heteroatoms. The quantitative estimate of drug-likeness (QED) is 0.850. The second-order valence-electron chi connectivity index (χ2n) is 4.68. The molecular weight excluding hydrogens is 237 g/mol. The Morgan fingerprint density at radius 3 is 2.53 bits per heavy atom. The topological polar surface area (TPSA) is 26.0 Å². The highest BCUT2D eigenvalue weighted by Gasteiger charge is 2.11. The summed E-state index contributed by atoms with van der Waals surface area (Å²) >= 11 is 5.87. The fourth-order valence-electron chi connectivity index (χ4n) is 1.57. The minimum absolute atomic E-state index is 0.120. The van der Waals surface area contributed by atoms with Gasteiger partial charge in [0.2, 0.25) is 0 Å². The number of hydrogen-bond acceptors (Lipinski definition) is 1. The van der Waals surface area contributed by atoms with Crippen molar-refractivity contribution in [1.29, 1.82) is 0 Å². The van der Waals surface area contributed by atoms with Crippen molar-refractivity contribution in [3.05, 3.63) is 40.2 Å². The molecule has 1 aromatic carbocycles. The maximum absolute atomic E-state index is 13.7. The summed E-state index contributed by atoms with van der Waals surface area (Å²) in [4.78, 5) is 0. The van der Waals surface area contributed by atoms with Crippen molar-refractivity contribution in [3.8, 4) is 0 Å². The SMILES string of the molecule is CC(C)c1cc(/C=C/C[C@H](C)N)cc(Cl)c1F. The molecule has 0 heterocycles. The molecule has 1 atom stereocenters. The third-order valence-corrected chi connectivity index (χ3v) is 2.79. The molecule has 1 rings (SSSR count). The van der Waals surface area contributed by atoms with Crippen molar-refractivity contribution in [2.45, 2.75) is 39.2 Å². The fraction of sp³-hybridized carbons (Fsp3) is 0.429. The number of benzene rings is 1. The molecule has 0 spiro atoms. The van der Waals surface area contributed by atoms with Gasteiger partial charge in [0, 0.05) is 6.04 Å². The Bertz CT molecular complexity index is 411. The van der Waals surface area contributed by atoms with Crippen LogP contribution in [-0.2, 0) is 0 Å². The van der Waals surface area contributed by atoms with Crippen molar-refractivity contribution in [3.63, 3.8) is 0 Å². The third-order valence-electron chi connectivity index (χ3n) is 2.52. The molecule has 0 amide bonds. The summed E-state index contributed by atoms with van der Waals surface area (Å²) in [7, 11) is 0. The van der Waals surface area contributed by atoms with E-state index in [0.717, 1.165) is 12.0 Å². The van der Waals surface area contributed by atoms with Gasteiger partial charge in [0.05, 0.1) is 5.02 Å². The van der Waals surface area contributed by atoms with Crippen LogP contribution >= 0.6 is 11.6 Å². The van der Waals surface area contributed by atoms with E-state index in [-0.39, 0.29) is 22.8 Å². The molecule has 1 nitrogen and oxygen atoms in total. The van der Waals surface area contributed by atoms with Gasteiger partial charge in [-0.05, 0) is 42.5 Å². The molecule has 0 aliphatic carbocycles. The summed E-state index contributed by atoms with van der Waals surface area (Å²) in [6, 6.07) is 3.61. The lowest BCUT2D eigenvalue weighted by Gasteiger charge is -2.09. The molecule has 0 saturated carbocycles. The Labute approximate surface area is 107 Å². The van der Waals surface area contributed by atoms with Crippen LogP contribution in [-0.4, -0.2) is 6.04 Å². The van der Waals surface area contributed by atoms with Gasteiger partial charge in [0.25, 0.3) is 0 Å². The van der Waals surface area contributed by atoms with Crippen LogP contribution in [0.1, 0.15) is 44.2 Å². The van der Waals surface area contributed by atoms with E-state index in [2.05, 4.69) is 0 Å². The van der Waals surface area contributed by atoms with Gasteiger partial charge in [0.15, 0.2) is 0 Å². The minimum Gasteiger partial charge on any atom is -0.328 e. The maximum Gasteiger partial charge on any atom is 0.145 e. The van der Waals surface area contributed by atoms with E-state index in [1.54, 1.807) is 6.07 Å². The first kappa shape index (κ1) is 14.2. The largest absolute Gasteiger partial charge is 0.328 e. The Kier molecular flexibility index (Phi) is 5.16. The number of halogens is 2. The zero-order valence-corrected chi connectivity index (χ0v) is 11.3. The predicted octanol–water partition coefficient (Wildman–Crippen LogP) is 4.35. The number of hydrogen-bond donors (Lipinski definition) is 1. The van der Waals surface area contributed by atoms with Crippen molar-refractivity contribution < 1.29 is 4.39 Å². The van der Waals surface area contributed by atoms with Crippen molar-refractivity contribution in [2.75, 3.05) is 0 Å². The second-order valence-corrected chi connectivity index (χ2v) is 5.08. The lowest BCUT2D eigenvalue weighted by Crippen LogP contribution is -2.12. The van der Waals surface area contributed by atoms with Gasteiger partial charge in [-0.15, -0.1) is 0 Å². The highest BCUT2D eigenvalue weighted by molar-refractivity contribution is 6.31. The normalized spacial score (nSPS) is 13.6. The van der Waals surface area contributed by atoms with Crippen LogP contribution in [0.15, 0.2) is 18.2 Å². The molecule has 0 bridgehead atoms. The number of nitrogens with two attached hydrogens (primary N) is 1. The van der Waals surface area contributed by atoms with E-state index in [0.29, 0.717) is 5.56 Å². The van der Waals surface area contributed by atoms with Crippen LogP contribution < -0.4 is 5.73 Å².